The van der Waals surface area contributed by atoms with E-state index in [9.17, 15) is 4.79 Å². The number of anilines is 1. The quantitative estimate of drug-likeness (QED) is 0.909. The number of aromatic nitrogens is 3. The van der Waals surface area contributed by atoms with Crippen LogP contribution in [-0.4, -0.2) is 44.7 Å². The van der Waals surface area contributed by atoms with Gasteiger partial charge in [0.2, 0.25) is 0 Å². The van der Waals surface area contributed by atoms with Gasteiger partial charge in [-0.15, -0.1) is 0 Å². The first-order valence-electron chi connectivity index (χ1n) is 6.68. The average Bonchev–Trinajstić information content (AvgIpc) is 3.08. The molecule has 6 nitrogen and oxygen atoms in total. The first-order valence-corrected chi connectivity index (χ1v) is 6.68. The highest BCUT2D eigenvalue weighted by atomic mass is 16.2. The molecule has 2 aromatic rings. The smallest absolute Gasteiger partial charge is 0.272 e. The molecule has 2 aromatic heterocycles. The van der Waals surface area contributed by atoms with Crippen LogP contribution in [0.15, 0.2) is 36.8 Å². The fraction of sp³-hybridized carbons (Fsp3) is 0.357. The van der Waals surface area contributed by atoms with Crippen molar-refractivity contribution in [1.82, 2.24) is 19.7 Å². The van der Waals surface area contributed by atoms with Gasteiger partial charge in [0.05, 0.1) is 5.69 Å². The van der Waals surface area contributed by atoms with Crippen LogP contribution in [0.1, 0.15) is 16.9 Å². The molecule has 1 N–H and O–H groups in total. The Kier molecular flexibility index (Phi) is 3.37. The van der Waals surface area contributed by atoms with E-state index in [4.69, 9.17) is 0 Å². The second kappa shape index (κ2) is 5.32. The molecule has 0 radical (unpaired) electrons. The highest BCUT2D eigenvalue weighted by Crippen LogP contribution is 2.17. The summed E-state index contributed by atoms with van der Waals surface area (Å²) in [5.74, 6) is 0.0421. The molecule has 3 rings (SSSR count). The highest BCUT2D eigenvalue weighted by Gasteiger charge is 2.28. The molecule has 0 unspecified atom stereocenters. The van der Waals surface area contributed by atoms with Gasteiger partial charge in [0.15, 0.2) is 0 Å². The van der Waals surface area contributed by atoms with Gasteiger partial charge in [-0.05, 0) is 24.6 Å². The highest BCUT2D eigenvalue weighted by molar-refractivity contribution is 5.92. The lowest BCUT2D eigenvalue weighted by Crippen LogP contribution is -2.32. The molecule has 1 fully saturated rings. The molecule has 0 saturated carbocycles. The van der Waals surface area contributed by atoms with Gasteiger partial charge in [-0.1, -0.05) is 0 Å². The maximum Gasteiger partial charge on any atom is 0.272 e. The Hall–Kier alpha value is -2.37. The van der Waals surface area contributed by atoms with E-state index >= 15 is 0 Å². The summed E-state index contributed by atoms with van der Waals surface area (Å²) in [7, 11) is 1.79. The predicted octanol–water partition coefficient (Wildman–Crippen LogP) is 1.14. The van der Waals surface area contributed by atoms with Crippen molar-refractivity contribution in [3.8, 4) is 0 Å². The fourth-order valence-electron chi connectivity index (χ4n) is 2.49. The van der Waals surface area contributed by atoms with Crippen molar-refractivity contribution in [2.24, 2.45) is 7.05 Å². The van der Waals surface area contributed by atoms with Crippen molar-refractivity contribution in [3.63, 3.8) is 0 Å². The van der Waals surface area contributed by atoms with E-state index in [1.165, 1.54) is 0 Å². The summed E-state index contributed by atoms with van der Waals surface area (Å²) in [6.07, 6.45) is 6.14. The average molecular weight is 271 g/mol. The van der Waals surface area contributed by atoms with Crippen LogP contribution in [0.2, 0.25) is 0 Å². The van der Waals surface area contributed by atoms with Crippen molar-refractivity contribution in [2.75, 3.05) is 18.4 Å². The minimum Gasteiger partial charge on any atom is -0.379 e. The van der Waals surface area contributed by atoms with E-state index in [0.717, 1.165) is 18.7 Å². The zero-order valence-electron chi connectivity index (χ0n) is 11.4. The number of aryl methyl sites for hydroxylation is 1. The summed E-state index contributed by atoms with van der Waals surface area (Å²) in [5, 5.41) is 7.45. The number of amides is 1. The van der Waals surface area contributed by atoms with Crippen molar-refractivity contribution >= 4 is 11.6 Å². The van der Waals surface area contributed by atoms with E-state index in [0.29, 0.717) is 12.2 Å². The van der Waals surface area contributed by atoms with E-state index in [2.05, 4.69) is 15.4 Å². The van der Waals surface area contributed by atoms with Crippen LogP contribution in [0, 0.1) is 0 Å². The zero-order chi connectivity index (χ0) is 13.9. The molecule has 1 amide bonds. The van der Waals surface area contributed by atoms with Crippen molar-refractivity contribution in [1.29, 1.82) is 0 Å². The number of carbonyl (C=O) groups excluding carboxylic acids is 1. The molecule has 104 valence electrons. The van der Waals surface area contributed by atoms with Crippen LogP contribution < -0.4 is 5.32 Å². The summed E-state index contributed by atoms with van der Waals surface area (Å²) in [6, 6.07) is 5.91. The SMILES string of the molecule is Cn1nccc1C(=O)N1CC[C@H](Nc2cccnc2)C1. The Labute approximate surface area is 117 Å². The molecule has 1 saturated heterocycles. The second-order valence-electron chi connectivity index (χ2n) is 4.96. The number of hydrogen-bond donors (Lipinski definition) is 1. The lowest BCUT2D eigenvalue weighted by Gasteiger charge is -2.17. The molecular weight excluding hydrogens is 254 g/mol. The van der Waals surface area contributed by atoms with E-state index in [1.54, 1.807) is 36.4 Å². The van der Waals surface area contributed by atoms with Crippen molar-refractivity contribution in [3.05, 3.63) is 42.5 Å². The van der Waals surface area contributed by atoms with Gasteiger partial charge in [0.1, 0.15) is 5.69 Å². The van der Waals surface area contributed by atoms with Crippen LogP contribution in [-0.2, 0) is 7.05 Å². The number of pyridine rings is 1. The molecule has 0 aliphatic carbocycles. The molecule has 6 heteroatoms. The first-order chi connectivity index (χ1) is 9.74. The predicted molar refractivity (Wildman–Crippen MR) is 75.4 cm³/mol. The van der Waals surface area contributed by atoms with Crippen LogP contribution in [0.5, 0.6) is 0 Å². The monoisotopic (exact) mass is 271 g/mol. The maximum atomic E-state index is 12.4. The maximum absolute atomic E-state index is 12.4. The minimum absolute atomic E-state index is 0.0421. The fourth-order valence-corrected chi connectivity index (χ4v) is 2.49. The van der Waals surface area contributed by atoms with Crippen LogP contribution in [0.3, 0.4) is 0 Å². The van der Waals surface area contributed by atoms with Crippen LogP contribution in [0.4, 0.5) is 5.69 Å². The Morgan fingerprint density at radius 1 is 1.40 bits per heavy atom. The third-order valence-corrected chi connectivity index (χ3v) is 3.55. The third kappa shape index (κ3) is 2.49. The number of likely N-dealkylation sites (tertiary alicyclic amines) is 1. The van der Waals surface area contributed by atoms with Gasteiger partial charge in [0, 0.05) is 44.8 Å². The van der Waals surface area contributed by atoms with Gasteiger partial charge in [-0.25, -0.2) is 0 Å². The number of rotatable bonds is 3. The molecule has 3 heterocycles. The Balaban J connectivity index is 1.62. The van der Waals surface area contributed by atoms with Gasteiger partial charge in [-0.2, -0.15) is 5.10 Å². The molecule has 1 aliphatic rings. The van der Waals surface area contributed by atoms with E-state index in [-0.39, 0.29) is 11.9 Å². The molecular formula is C14H17N5O. The number of carbonyl (C=O) groups is 1. The normalized spacial score (nSPS) is 18.2. The topological polar surface area (TPSA) is 63.1 Å². The van der Waals surface area contributed by atoms with Gasteiger partial charge < -0.3 is 10.2 Å². The molecule has 1 atom stereocenters. The summed E-state index contributed by atoms with van der Waals surface area (Å²) in [6.45, 7) is 1.47. The third-order valence-electron chi connectivity index (χ3n) is 3.55. The molecule has 1 aliphatic heterocycles. The summed E-state index contributed by atoms with van der Waals surface area (Å²) < 4.78 is 1.62. The summed E-state index contributed by atoms with van der Waals surface area (Å²) in [5.41, 5.74) is 1.62. The van der Waals surface area contributed by atoms with Crippen molar-refractivity contribution < 1.29 is 4.79 Å². The van der Waals surface area contributed by atoms with Crippen molar-refractivity contribution in [2.45, 2.75) is 12.5 Å². The largest absolute Gasteiger partial charge is 0.379 e. The molecule has 0 aromatic carbocycles. The zero-order valence-corrected chi connectivity index (χ0v) is 11.4. The van der Waals surface area contributed by atoms with Crippen LogP contribution >= 0.6 is 0 Å². The van der Waals surface area contributed by atoms with Gasteiger partial charge in [-0.3, -0.25) is 14.5 Å². The molecule has 20 heavy (non-hydrogen) atoms. The second-order valence-corrected chi connectivity index (χ2v) is 4.96. The first kappa shape index (κ1) is 12.7. The van der Waals surface area contributed by atoms with E-state index < -0.39 is 0 Å². The Bertz CT molecular complexity index is 595. The lowest BCUT2D eigenvalue weighted by atomic mass is 10.2. The number of nitrogens with zero attached hydrogens (tertiary/aromatic N) is 4. The molecule has 0 spiro atoms. The Morgan fingerprint density at radius 3 is 3.00 bits per heavy atom. The number of nitrogens with one attached hydrogen (secondary N) is 1. The Morgan fingerprint density at radius 2 is 2.30 bits per heavy atom. The van der Waals surface area contributed by atoms with Gasteiger partial charge >= 0.3 is 0 Å². The summed E-state index contributed by atoms with van der Waals surface area (Å²) in [4.78, 5) is 18.3. The number of hydrogen-bond acceptors (Lipinski definition) is 4. The summed E-state index contributed by atoms with van der Waals surface area (Å²) >= 11 is 0. The van der Waals surface area contributed by atoms with Gasteiger partial charge in [0.25, 0.3) is 5.91 Å². The lowest BCUT2D eigenvalue weighted by molar-refractivity contribution is 0.0780. The minimum atomic E-state index is 0.0421. The molecule has 0 bridgehead atoms. The van der Waals surface area contributed by atoms with E-state index in [1.807, 2.05) is 17.0 Å². The standard InChI is InChI=1S/C14H17N5O/c1-18-13(4-7-16-18)14(20)19-8-5-12(10-19)17-11-3-2-6-15-9-11/h2-4,6-7,9,12,17H,5,8,10H2,1H3/t12-/m0/s1. The van der Waals surface area contributed by atoms with Crippen LogP contribution in [0.25, 0.3) is 0 Å².